The molecular weight excluding hydrogens is 331 g/mol. The number of rotatable bonds is 3. The first-order valence-corrected chi connectivity index (χ1v) is 8.82. The third-order valence-electron chi connectivity index (χ3n) is 5.93. The second-order valence-corrected chi connectivity index (χ2v) is 7.34. The molecule has 2 aromatic carbocycles. The minimum Gasteiger partial charge on any atom is -0.481 e. The van der Waals surface area contributed by atoms with E-state index in [0.29, 0.717) is 24.0 Å². The van der Waals surface area contributed by atoms with Gasteiger partial charge in [0.2, 0.25) is 0 Å². The van der Waals surface area contributed by atoms with E-state index in [4.69, 9.17) is 0 Å². The van der Waals surface area contributed by atoms with Gasteiger partial charge in [-0.1, -0.05) is 18.2 Å². The SMILES string of the molecule is Cc1c(F)cccc1[C@]1(C(=O)O)CCC(c2ccc3ncn(C)c3c2)C1. The highest BCUT2D eigenvalue weighted by atomic mass is 19.1. The maximum atomic E-state index is 14.1. The van der Waals surface area contributed by atoms with Crippen LogP contribution >= 0.6 is 0 Å². The maximum Gasteiger partial charge on any atom is 0.314 e. The molecule has 134 valence electrons. The monoisotopic (exact) mass is 352 g/mol. The van der Waals surface area contributed by atoms with Gasteiger partial charge in [-0.3, -0.25) is 4.79 Å². The van der Waals surface area contributed by atoms with E-state index in [1.807, 2.05) is 23.7 Å². The molecule has 1 aliphatic carbocycles. The molecule has 4 nitrogen and oxygen atoms in total. The highest BCUT2D eigenvalue weighted by Crippen LogP contribution is 2.49. The molecule has 1 aliphatic rings. The minimum absolute atomic E-state index is 0.132. The summed E-state index contributed by atoms with van der Waals surface area (Å²) in [5, 5.41) is 10.0. The molecule has 1 aromatic heterocycles. The van der Waals surface area contributed by atoms with E-state index >= 15 is 0 Å². The lowest BCUT2D eigenvalue weighted by Crippen LogP contribution is -2.34. The molecule has 1 unspecified atom stereocenters. The van der Waals surface area contributed by atoms with E-state index in [-0.39, 0.29) is 11.7 Å². The van der Waals surface area contributed by atoms with Crippen molar-refractivity contribution in [3.8, 4) is 0 Å². The summed E-state index contributed by atoms with van der Waals surface area (Å²) in [6.45, 7) is 1.67. The van der Waals surface area contributed by atoms with Gasteiger partial charge in [0.15, 0.2) is 0 Å². The third-order valence-corrected chi connectivity index (χ3v) is 5.93. The lowest BCUT2D eigenvalue weighted by molar-refractivity contribution is -0.143. The van der Waals surface area contributed by atoms with Crippen LogP contribution in [-0.2, 0) is 17.3 Å². The van der Waals surface area contributed by atoms with Crippen LogP contribution in [-0.4, -0.2) is 20.6 Å². The number of carbonyl (C=O) groups is 1. The van der Waals surface area contributed by atoms with Crippen LogP contribution in [0.25, 0.3) is 11.0 Å². The summed E-state index contributed by atoms with van der Waals surface area (Å²) >= 11 is 0. The summed E-state index contributed by atoms with van der Waals surface area (Å²) in [7, 11) is 1.95. The van der Waals surface area contributed by atoms with Crippen LogP contribution < -0.4 is 0 Å². The van der Waals surface area contributed by atoms with Crippen LogP contribution in [0.3, 0.4) is 0 Å². The Hall–Kier alpha value is -2.69. The number of benzene rings is 2. The van der Waals surface area contributed by atoms with Gasteiger partial charge in [-0.25, -0.2) is 9.37 Å². The van der Waals surface area contributed by atoms with E-state index in [2.05, 4.69) is 11.1 Å². The Morgan fingerprint density at radius 2 is 2.15 bits per heavy atom. The van der Waals surface area contributed by atoms with Gasteiger partial charge >= 0.3 is 5.97 Å². The molecule has 0 saturated heterocycles. The summed E-state index contributed by atoms with van der Waals surface area (Å²) in [5.41, 5.74) is 3.11. The van der Waals surface area contributed by atoms with Crippen molar-refractivity contribution in [3.05, 3.63) is 65.2 Å². The highest BCUT2D eigenvalue weighted by Gasteiger charge is 2.48. The van der Waals surface area contributed by atoms with E-state index in [0.717, 1.165) is 23.0 Å². The van der Waals surface area contributed by atoms with Gasteiger partial charge in [0, 0.05) is 7.05 Å². The predicted octanol–water partition coefficient (Wildman–Crippen LogP) is 4.31. The molecular formula is C21H21FN2O2. The molecule has 1 heterocycles. The van der Waals surface area contributed by atoms with Crippen LogP contribution in [0, 0.1) is 12.7 Å². The molecule has 1 N–H and O–H groups in total. The number of aryl methyl sites for hydroxylation is 1. The molecule has 4 rings (SSSR count). The molecule has 0 radical (unpaired) electrons. The van der Waals surface area contributed by atoms with Crippen molar-refractivity contribution in [2.45, 2.75) is 37.5 Å². The quantitative estimate of drug-likeness (QED) is 0.764. The van der Waals surface area contributed by atoms with Crippen molar-refractivity contribution in [1.82, 2.24) is 9.55 Å². The first-order valence-electron chi connectivity index (χ1n) is 8.82. The molecule has 0 spiro atoms. The average Bonchev–Trinajstić information content (AvgIpc) is 3.23. The number of carboxylic acids is 1. The first-order chi connectivity index (χ1) is 12.4. The number of aromatic nitrogens is 2. The molecule has 0 amide bonds. The lowest BCUT2D eigenvalue weighted by Gasteiger charge is -2.27. The topological polar surface area (TPSA) is 55.1 Å². The van der Waals surface area contributed by atoms with Crippen molar-refractivity contribution < 1.29 is 14.3 Å². The van der Waals surface area contributed by atoms with Gasteiger partial charge in [-0.15, -0.1) is 0 Å². The zero-order valence-corrected chi connectivity index (χ0v) is 14.9. The van der Waals surface area contributed by atoms with Crippen LogP contribution in [0.1, 0.15) is 41.9 Å². The van der Waals surface area contributed by atoms with E-state index < -0.39 is 11.4 Å². The van der Waals surface area contributed by atoms with Crippen molar-refractivity contribution in [1.29, 1.82) is 0 Å². The molecule has 2 atom stereocenters. The number of fused-ring (bicyclic) bond motifs is 1. The van der Waals surface area contributed by atoms with Crippen LogP contribution in [0.15, 0.2) is 42.7 Å². The zero-order valence-electron chi connectivity index (χ0n) is 14.9. The van der Waals surface area contributed by atoms with Crippen LogP contribution in [0.5, 0.6) is 0 Å². The number of hydrogen-bond acceptors (Lipinski definition) is 2. The summed E-state index contributed by atoms with van der Waals surface area (Å²) in [4.78, 5) is 16.6. The van der Waals surface area contributed by atoms with E-state index in [1.54, 1.807) is 25.4 Å². The predicted molar refractivity (Wildman–Crippen MR) is 97.8 cm³/mol. The van der Waals surface area contributed by atoms with Crippen molar-refractivity contribution in [2.75, 3.05) is 0 Å². The standard InChI is InChI=1S/C21H21FN2O2/c1-13-16(4-3-5-17(13)22)21(20(25)26)9-8-15(11-21)14-6-7-18-19(10-14)24(2)12-23-18/h3-7,10,12,15H,8-9,11H2,1-2H3,(H,25,26)/t15?,21-/m0/s1. The molecule has 0 bridgehead atoms. The lowest BCUT2D eigenvalue weighted by atomic mass is 9.75. The van der Waals surface area contributed by atoms with Crippen molar-refractivity contribution in [3.63, 3.8) is 0 Å². The van der Waals surface area contributed by atoms with E-state index in [1.165, 1.54) is 6.07 Å². The van der Waals surface area contributed by atoms with Gasteiger partial charge in [0.05, 0.1) is 22.8 Å². The fourth-order valence-electron chi connectivity index (χ4n) is 4.41. The Balaban J connectivity index is 1.75. The first kappa shape index (κ1) is 16.8. The minimum atomic E-state index is -1.03. The molecule has 3 aromatic rings. The number of halogens is 1. The maximum absolute atomic E-state index is 14.1. The number of hydrogen-bond donors (Lipinski definition) is 1. The number of imidazole rings is 1. The van der Waals surface area contributed by atoms with Crippen LogP contribution in [0.4, 0.5) is 4.39 Å². The number of carboxylic acid groups (broad SMARTS) is 1. The van der Waals surface area contributed by atoms with Crippen LogP contribution in [0.2, 0.25) is 0 Å². The van der Waals surface area contributed by atoms with Gasteiger partial charge in [-0.05, 0) is 67.0 Å². The molecule has 5 heteroatoms. The Kier molecular flexibility index (Phi) is 3.83. The summed E-state index contributed by atoms with van der Waals surface area (Å²) < 4.78 is 16.0. The second-order valence-electron chi connectivity index (χ2n) is 7.34. The van der Waals surface area contributed by atoms with Crippen molar-refractivity contribution in [2.24, 2.45) is 7.05 Å². The fourth-order valence-corrected chi connectivity index (χ4v) is 4.41. The Morgan fingerprint density at radius 3 is 2.92 bits per heavy atom. The fraction of sp³-hybridized carbons (Fsp3) is 0.333. The smallest absolute Gasteiger partial charge is 0.314 e. The summed E-state index contributed by atoms with van der Waals surface area (Å²) in [5.74, 6) is -1.08. The third kappa shape index (κ3) is 2.42. The van der Waals surface area contributed by atoms with Gasteiger partial charge in [0.1, 0.15) is 5.82 Å². The Morgan fingerprint density at radius 1 is 1.35 bits per heavy atom. The summed E-state index contributed by atoms with van der Waals surface area (Å²) in [6, 6.07) is 10.9. The molecule has 26 heavy (non-hydrogen) atoms. The largest absolute Gasteiger partial charge is 0.481 e. The number of nitrogens with zero attached hydrogens (tertiary/aromatic N) is 2. The second kappa shape index (κ2) is 5.94. The molecule has 1 fully saturated rings. The van der Waals surface area contributed by atoms with Gasteiger partial charge < -0.3 is 9.67 Å². The number of aliphatic carboxylic acids is 1. The Bertz CT molecular complexity index is 1010. The highest BCUT2D eigenvalue weighted by molar-refractivity contribution is 5.83. The van der Waals surface area contributed by atoms with Crippen molar-refractivity contribution >= 4 is 17.0 Å². The molecule has 1 saturated carbocycles. The molecule has 0 aliphatic heterocycles. The zero-order chi connectivity index (χ0) is 18.5. The Labute approximate surface area is 151 Å². The summed E-state index contributed by atoms with van der Waals surface area (Å²) in [6.07, 6.45) is 3.54. The average molecular weight is 352 g/mol. The van der Waals surface area contributed by atoms with Gasteiger partial charge in [-0.2, -0.15) is 0 Å². The normalized spacial score (nSPS) is 22.8. The van der Waals surface area contributed by atoms with E-state index in [9.17, 15) is 14.3 Å². The van der Waals surface area contributed by atoms with Gasteiger partial charge in [0.25, 0.3) is 0 Å².